The van der Waals surface area contributed by atoms with Gasteiger partial charge in [0.05, 0.1) is 16.8 Å². The number of anilines is 1. The zero-order valence-corrected chi connectivity index (χ0v) is 22.1. The Balaban J connectivity index is 1.45. The Bertz CT molecular complexity index is 1590. The number of carbonyl (C=O) groups is 1. The van der Waals surface area contributed by atoms with Crippen LogP contribution >= 0.6 is 23.2 Å². The number of rotatable bonds is 8. The molecule has 1 heterocycles. The van der Waals surface area contributed by atoms with E-state index in [1.807, 2.05) is 0 Å². The molecule has 0 unspecified atom stereocenters. The van der Waals surface area contributed by atoms with E-state index in [-0.39, 0.29) is 22.8 Å². The molecule has 0 aliphatic carbocycles. The van der Waals surface area contributed by atoms with Crippen molar-refractivity contribution >= 4 is 45.0 Å². The molecule has 0 atom stereocenters. The standard InChI is InChI=1S/C25H19Cl2F3N4O4S/c26-17-7-9-20(10-8-17)34-23(25(28,29)30)22(15-31-34)38-24(35)33-19-5-2-6-21(14-19)39(36,37)32-12-11-16-3-1-4-18(27)13-16/h1-10,13-15,32H,11-12H2,(H,33,35). The lowest BCUT2D eigenvalue weighted by Crippen LogP contribution is -2.26. The van der Waals surface area contributed by atoms with Crippen LogP contribution in [0.2, 0.25) is 10.0 Å². The van der Waals surface area contributed by atoms with Gasteiger partial charge in [-0.15, -0.1) is 0 Å². The minimum absolute atomic E-state index is 0.0173. The Morgan fingerprint density at radius 3 is 2.38 bits per heavy atom. The molecule has 1 amide bonds. The average molecular weight is 599 g/mol. The maximum Gasteiger partial charge on any atom is 0.437 e. The summed E-state index contributed by atoms with van der Waals surface area (Å²) < 4.78 is 74.8. The van der Waals surface area contributed by atoms with Gasteiger partial charge in [0, 0.05) is 22.3 Å². The number of carbonyl (C=O) groups excluding carboxylic acids is 1. The highest BCUT2D eigenvalue weighted by Crippen LogP contribution is 2.38. The Kier molecular flexibility index (Phi) is 8.50. The Morgan fingerprint density at radius 2 is 1.69 bits per heavy atom. The van der Waals surface area contributed by atoms with Crippen LogP contribution in [0.25, 0.3) is 5.69 Å². The van der Waals surface area contributed by atoms with Crippen molar-refractivity contribution < 1.29 is 31.1 Å². The van der Waals surface area contributed by atoms with Gasteiger partial charge < -0.3 is 4.74 Å². The molecule has 4 aromatic rings. The lowest BCUT2D eigenvalue weighted by molar-refractivity contribution is -0.143. The fourth-order valence-corrected chi connectivity index (χ4v) is 4.95. The van der Waals surface area contributed by atoms with Crippen molar-refractivity contribution in [1.82, 2.24) is 14.5 Å². The van der Waals surface area contributed by atoms with Gasteiger partial charge in [-0.3, -0.25) is 5.32 Å². The third-order valence-electron chi connectivity index (χ3n) is 5.26. The molecular weight excluding hydrogens is 580 g/mol. The summed E-state index contributed by atoms with van der Waals surface area (Å²) in [5, 5.41) is 6.78. The van der Waals surface area contributed by atoms with E-state index in [4.69, 9.17) is 27.9 Å². The van der Waals surface area contributed by atoms with Gasteiger partial charge >= 0.3 is 12.3 Å². The quantitative estimate of drug-likeness (QED) is 0.247. The second-order valence-electron chi connectivity index (χ2n) is 8.06. The summed E-state index contributed by atoms with van der Waals surface area (Å²) >= 11 is 11.7. The Hall–Kier alpha value is -3.58. The van der Waals surface area contributed by atoms with Gasteiger partial charge in [0.25, 0.3) is 0 Å². The van der Waals surface area contributed by atoms with Gasteiger partial charge in [-0.05, 0) is 66.6 Å². The minimum Gasteiger partial charge on any atom is -0.406 e. The van der Waals surface area contributed by atoms with Gasteiger partial charge in [-0.2, -0.15) is 18.3 Å². The van der Waals surface area contributed by atoms with E-state index in [2.05, 4.69) is 15.1 Å². The van der Waals surface area contributed by atoms with Gasteiger partial charge in [-0.25, -0.2) is 22.6 Å². The average Bonchev–Trinajstić information content (AvgIpc) is 3.28. The fraction of sp³-hybridized carbons (Fsp3) is 0.120. The molecule has 0 bridgehead atoms. The molecule has 0 saturated heterocycles. The van der Waals surface area contributed by atoms with Crippen LogP contribution < -0.4 is 14.8 Å². The molecule has 0 fully saturated rings. The molecule has 39 heavy (non-hydrogen) atoms. The van der Waals surface area contributed by atoms with Crippen molar-refractivity contribution in [3.63, 3.8) is 0 Å². The first kappa shape index (κ1) is 28.4. The van der Waals surface area contributed by atoms with Crippen molar-refractivity contribution in [2.75, 3.05) is 11.9 Å². The number of benzene rings is 3. The van der Waals surface area contributed by atoms with Crippen LogP contribution in [0.5, 0.6) is 5.75 Å². The molecule has 0 saturated carbocycles. The van der Waals surface area contributed by atoms with Crippen LogP contribution in [-0.4, -0.2) is 30.8 Å². The minimum atomic E-state index is -4.92. The van der Waals surface area contributed by atoms with Crippen LogP contribution in [-0.2, 0) is 22.6 Å². The molecular formula is C25H19Cl2F3N4O4S. The van der Waals surface area contributed by atoms with E-state index in [9.17, 15) is 26.4 Å². The predicted octanol–water partition coefficient (Wildman–Crippen LogP) is 6.33. The maximum atomic E-state index is 13.8. The number of nitrogens with one attached hydrogen (secondary N) is 2. The van der Waals surface area contributed by atoms with Gasteiger partial charge in [-0.1, -0.05) is 41.4 Å². The number of aromatic nitrogens is 2. The second kappa shape index (κ2) is 11.7. The lowest BCUT2D eigenvalue weighted by atomic mass is 10.2. The molecule has 1 aromatic heterocycles. The molecule has 0 aliphatic rings. The molecule has 3 aromatic carbocycles. The number of nitrogens with zero attached hydrogens (tertiary/aromatic N) is 2. The molecule has 4 rings (SSSR count). The molecule has 14 heteroatoms. The van der Waals surface area contributed by atoms with E-state index >= 15 is 0 Å². The smallest absolute Gasteiger partial charge is 0.406 e. The van der Waals surface area contributed by atoms with E-state index in [1.165, 1.54) is 42.5 Å². The first-order valence-electron chi connectivity index (χ1n) is 11.2. The van der Waals surface area contributed by atoms with Crippen molar-refractivity contribution in [3.8, 4) is 11.4 Å². The molecule has 0 spiro atoms. The normalized spacial score (nSPS) is 11.8. The van der Waals surface area contributed by atoms with Crippen LogP contribution in [0, 0.1) is 0 Å². The lowest BCUT2D eigenvalue weighted by Gasteiger charge is -2.13. The topological polar surface area (TPSA) is 102 Å². The van der Waals surface area contributed by atoms with E-state index in [1.54, 1.807) is 24.3 Å². The number of ether oxygens (including phenoxy) is 1. The van der Waals surface area contributed by atoms with E-state index in [0.29, 0.717) is 21.1 Å². The molecule has 8 nitrogen and oxygen atoms in total. The van der Waals surface area contributed by atoms with Crippen LogP contribution in [0.3, 0.4) is 0 Å². The summed E-state index contributed by atoms with van der Waals surface area (Å²) in [6.07, 6.45) is -5.06. The van der Waals surface area contributed by atoms with Crippen LogP contribution in [0.4, 0.5) is 23.7 Å². The number of halogens is 5. The zero-order chi connectivity index (χ0) is 28.2. The molecule has 0 aliphatic heterocycles. The van der Waals surface area contributed by atoms with Crippen molar-refractivity contribution in [2.24, 2.45) is 0 Å². The summed E-state index contributed by atoms with van der Waals surface area (Å²) in [4.78, 5) is 12.3. The zero-order valence-electron chi connectivity index (χ0n) is 19.7. The van der Waals surface area contributed by atoms with Crippen LogP contribution in [0.1, 0.15) is 11.3 Å². The summed E-state index contributed by atoms with van der Waals surface area (Å²) in [7, 11) is -3.96. The van der Waals surface area contributed by atoms with Gasteiger partial charge in [0.15, 0.2) is 11.4 Å². The maximum absolute atomic E-state index is 13.8. The second-order valence-corrected chi connectivity index (χ2v) is 10.7. The van der Waals surface area contributed by atoms with Gasteiger partial charge in [0.1, 0.15) is 0 Å². The monoisotopic (exact) mass is 598 g/mol. The summed E-state index contributed by atoms with van der Waals surface area (Å²) in [5.74, 6) is -0.846. The highest BCUT2D eigenvalue weighted by molar-refractivity contribution is 7.89. The number of hydrogen-bond acceptors (Lipinski definition) is 5. The fourth-order valence-electron chi connectivity index (χ4n) is 3.54. The number of alkyl halides is 3. The summed E-state index contributed by atoms with van der Waals surface area (Å²) in [6, 6.07) is 17.6. The number of sulfonamides is 1. The van der Waals surface area contributed by atoms with Crippen molar-refractivity contribution in [3.05, 3.63) is 100 Å². The van der Waals surface area contributed by atoms with Crippen molar-refractivity contribution in [1.29, 1.82) is 0 Å². The Labute approximate surface area is 231 Å². The van der Waals surface area contributed by atoms with E-state index < -0.39 is 33.7 Å². The third-order valence-corrected chi connectivity index (χ3v) is 7.21. The molecule has 204 valence electrons. The van der Waals surface area contributed by atoms with E-state index in [0.717, 1.165) is 17.8 Å². The number of amides is 1. The summed E-state index contributed by atoms with van der Waals surface area (Å²) in [6.45, 7) is 0.0835. The van der Waals surface area contributed by atoms with Gasteiger partial charge in [0.2, 0.25) is 10.0 Å². The first-order chi connectivity index (χ1) is 18.4. The highest BCUT2D eigenvalue weighted by atomic mass is 35.5. The first-order valence-corrected chi connectivity index (χ1v) is 13.4. The SMILES string of the molecule is O=C(Nc1cccc(S(=O)(=O)NCCc2cccc(Cl)c2)c1)Oc1cnn(-c2ccc(Cl)cc2)c1C(F)(F)F. The van der Waals surface area contributed by atoms with Crippen LogP contribution in [0.15, 0.2) is 83.9 Å². The predicted molar refractivity (Wildman–Crippen MR) is 140 cm³/mol. The molecule has 2 N–H and O–H groups in total. The highest BCUT2D eigenvalue weighted by Gasteiger charge is 2.40. The largest absolute Gasteiger partial charge is 0.437 e. The number of hydrogen-bond donors (Lipinski definition) is 2. The third kappa shape index (κ3) is 7.30. The Morgan fingerprint density at radius 1 is 0.974 bits per heavy atom. The summed E-state index contributed by atoms with van der Waals surface area (Å²) in [5.41, 5.74) is -0.458. The van der Waals surface area contributed by atoms with Crippen molar-refractivity contribution in [2.45, 2.75) is 17.5 Å². The molecule has 0 radical (unpaired) electrons.